The third-order valence-electron chi connectivity index (χ3n) is 2.80. The summed E-state index contributed by atoms with van der Waals surface area (Å²) in [6, 6.07) is 0.107. The van der Waals surface area contributed by atoms with Crippen LogP contribution in [-0.2, 0) is 6.42 Å². The van der Waals surface area contributed by atoms with Crippen molar-refractivity contribution in [3.05, 3.63) is 24.3 Å². The lowest BCUT2D eigenvalue weighted by Crippen LogP contribution is -2.47. The van der Waals surface area contributed by atoms with Crippen LogP contribution < -0.4 is 5.32 Å². The molecule has 0 bridgehead atoms. The van der Waals surface area contributed by atoms with Gasteiger partial charge in [-0.15, -0.1) is 0 Å². The molecule has 1 atom stereocenters. The predicted octanol–water partition coefficient (Wildman–Crippen LogP) is 1.17. The Morgan fingerprint density at radius 1 is 1.50 bits per heavy atom. The first-order chi connectivity index (χ1) is 8.75. The molecule has 2 heterocycles. The molecule has 1 fully saturated rings. The molecule has 2 amide bonds. The summed E-state index contributed by atoms with van der Waals surface area (Å²) in [7, 11) is 0. The molecular weight excluding hydrogens is 248 g/mol. The van der Waals surface area contributed by atoms with E-state index in [2.05, 4.69) is 15.3 Å². The van der Waals surface area contributed by atoms with Crippen LogP contribution in [0.2, 0.25) is 0 Å². The summed E-state index contributed by atoms with van der Waals surface area (Å²) in [5.74, 6) is 2.07. The predicted molar refractivity (Wildman–Crippen MR) is 72.6 cm³/mol. The molecule has 1 saturated heterocycles. The number of hydrogen-bond acceptors (Lipinski definition) is 4. The normalized spacial score (nSPS) is 17.3. The number of nitrogens with one attached hydrogen (secondary N) is 1. The fourth-order valence-corrected chi connectivity index (χ4v) is 2.77. The number of carbonyl (C=O) groups excluding carboxylic acids is 1. The highest BCUT2D eigenvalue weighted by Crippen LogP contribution is 2.09. The summed E-state index contributed by atoms with van der Waals surface area (Å²) in [5, 5.41) is 3.01. The Morgan fingerprint density at radius 3 is 2.94 bits per heavy atom. The zero-order valence-corrected chi connectivity index (χ0v) is 11.3. The van der Waals surface area contributed by atoms with E-state index in [4.69, 9.17) is 0 Å². The molecule has 1 aromatic rings. The van der Waals surface area contributed by atoms with Gasteiger partial charge < -0.3 is 10.2 Å². The molecule has 1 aliphatic heterocycles. The molecule has 6 heteroatoms. The zero-order valence-electron chi connectivity index (χ0n) is 10.5. The van der Waals surface area contributed by atoms with E-state index in [1.807, 2.05) is 23.6 Å². The minimum absolute atomic E-state index is 0.0340. The van der Waals surface area contributed by atoms with E-state index in [9.17, 15) is 4.79 Å². The maximum atomic E-state index is 12.0. The number of hydrogen-bond donors (Lipinski definition) is 1. The molecular formula is C12H18N4OS. The van der Waals surface area contributed by atoms with Crippen molar-refractivity contribution in [2.75, 3.05) is 24.6 Å². The molecule has 0 radical (unpaired) electrons. The van der Waals surface area contributed by atoms with E-state index in [1.165, 1.54) is 0 Å². The number of nitrogens with zero attached hydrogens (tertiary/aromatic N) is 3. The van der Waals surface area contributed by atoms with Crippen LogP contribution in [0.5, 0.6) is 0 Å². The molecule has 2 rings (SSSR count). The van der Waals surface area contributed by atoms with E-state index in [-0.39, 0.29) is 12.1 Å². The van der Waals surface area contributed by atoms with Gasteiger partial charge >= 0.3 is 6.03 Å². The van der Waals surface area contributed by atoms with Crippen molar-refractivity contribution in [1.29, 1.82) is 0 Å². The van der Waals surface area contributed by atoms with Crippen molar-refractivity contribution < 1.29 is 4.79 Å². The molecule has 0 spiro atoms. The van der Waals surface area contributed by atoms with E-state index in [0.29, 0.717) is 6.42 Å². The topological polar surface area (TPSA) is 58.1 Å². The Bertz CT molecular complexity index is 381. The SMILES string of the molecule is C[C@@H](Cc1cnccn1)NC(=O)N1CCSCC1. The Balaban J connectivity index is 1.79. The van der Waals surface area contributed by atoms with Crippen LogP contribution in [0.4, 0.5) is 4.79 Å². The van der Waals surface area contributed by atoms with Crippen LogP contribution in [0.25, 0.3) is 0 Å². The van der Waals surface area contributed by atoms with Crippen LogP contribution in [0, 0.1) is 0 Å². The van der Waals surface area contributed by atoms with Crippen molar-refractivity contribution in [1.82, 2.24) is 20.2 Å². The first kappa shape index (κ1) is 13.1. The average Bonchev–Trinajstić information content (AvgIpc) is 2.40. The standard InChI is InChI=1S/C12H18N4OS/c1-10(8-11-9-13-2-3-14-11)15-12(17)16-4-6-18-7-5-16/h2-3,9-10H,4-8H2,1H3,(H,15,17)/t10-/m0/s1. The second-order valence-corrected chi connectivity index (χ2v) is 5.58. The molecule has 1 aromatic heterocycles. The number of rotatable bonds is 3. The molecule has 0 unspecified atom stereocenters. The highest BCUT2D eigenvalue weighted by Gasteiger charge is 2.18. The molecule has 0 aliphatic carbocycles. The number of aromatic nitrogens is 2. The van der Waals surface area contributed by atoms with Crippen molar-refractivity contribution in [3.63, 3.8) is 0 Å². The fraction of sp³-hybridized carbons (Fsp3) is 0.583. The monoisotopic (exact) mass is 266 g/mol. The average molecular weight is 266 g/mol. The minimum Gasteiger partial charge on any atom is -0.335 e. The molecule has 1 N–H and O–H groups in total. The lowest BCUT2D eigenvalue weighted by molar-refractivity contribution is 0.199. The second-order valence-electron chi connectivity index (χ2n) is 4.35. The van der Waals surface area contributed by atoms with Crippen LogP contribution in [-0.4, -0.2) is 51.5 Å². The lowest BCUT2D eigenvalue weighted by Gasteiger charge is -2.28. The van der Waals surface area contributed by atoms with E-state index in [1.54, 1.807) is 18.6 Å². The Labute approximate surface area is 111 Å². The van der Waals surface area contributed by atoms with Gasteiger partial charge in [-0.25, -0.2) is 4.79 Å². The summed E-state index contributed by atoms with van der Waals surface area (Å²) in [5.41, 5.74) is 0.902. The maximum absolute atomic E-state index is 12.0. The van der Waals surface area contributed by atoms with E-state index >= 15 is 0 Å². The van der Waals surface area contributed by atoms with Gasteiger partial charge in [-0.1, -0.05) is 0 Å². The summed E-state index contributed by atoms with van der Waals surface area (Å²) in [4.78, 5) is 22.1. The lowest BCUT2D eigenvalue weighted by atomic mass is 10.2. The Hall–Kier alpha value is -1.30. The van der Waals surface area contributed by atoms with Crippen molar-refractivity contribution >= 4 is 17.8 Å². The second kappa shape index (κ2) is 6.58. The molecule has 98 valence electrons. The van der Waals surface area contributed by atoms with Gasteiger partial charge in [0.15, 0.2) is 0 Å². The molecule has 18 heavy (non-hydrogen) atoms. The van der Waals surface area contributed by atoms with Crippen molar-refractivity contribution in [3.8, 4) is 0 Å². The first-order valence-corrected chi connectivity index (χ1v) is 7.29. The van der Waals surface area contributed by atoms with E-state index < -0.39 is 0 Å². The summed E-state index contributed by atoms with van der Waals surface area (Å²) < 4.78 is 0. The quantitative estimate of drug-likeness (QED) is 0.892. The zero-order chi connectivity index (χ0) is 12.8. The number of thioether (sulfide) groups is 1. The number of amides is 2. The van der Waals surface area contributed by atoms with Gasteiger partial charge in [-0.05, 0) is 6.92 Å². The van der Waals surface area contributed by atoms with Crippen LogP contribution in [0.15, 0.2) is 18.6 Å². The van der Waals surface area contributed by atoms with Crippen LogP contribution in [0.3, 0.4) is 0 Å². The van der Waals surface area contributed by atoms with E-state index in [0.717, 1.165) is 30.3 Å². The van der Waals surface area contributed by atoms with Gasteiger partial charge in [0.05, 0.1) is 5.69 Å². The minimum atomic E-state index is 0.0340. The smallest absolute Gasteiger partial charge is 0.317 e. The van der Waals surface area contributed by atoms with Gasteiger partial charge in [-0.3, -0.25) is 9.97 Å². The molecule has 0 saturated carbocycles. The fourth-order valence-electron chi connectivity index (χ4n) is 1.87. The van der Waals surface area contributed by atoms with Crippen molar-refractivity contribution in [2.45, 2.75) is 19.4 Å². The maximum Gasteiger partial charge on any atom is 0.317 e. The van der Waals surface area contributed by atoms with Gasteiger partial charge in [0, 0.05) is 55.6 Å². The highest BCUT2D eigenvalue weighted by atomic mass is 32.2. The van der Waals surface area contributed by atoms with Gasteiger partial charge in [-0.2, -0.15) is 11.8 Å². The van der Waals surface area contributed by atoms with Crippen LogP contribution >= 0.6 is 11.8 Å². The van der Waals surface area contributed by atoms with Crippen LogP contribution in [0.1, 0.15) is 12.6 Å². The summed E-state index contributed by atoms with van der Waals surface area (Å²) >= 11 is 1.90. The van der Waals surface area contributed by atoms with Gasteiger partial charge in [0.1, 0.15) is 0 Å². The number of urea groups is 1. The molecule has 1 aliphatic rings. The summed E-state index contributed by atoms with van der Waals surface area (Å²) in [6.07, 6.45) is 5.77. The highest BCUT2D eigenvalue weighted by molar-refractivity contribution is 7.99. The molecule has 0 aromatic carbocycles. The molecule has 5 nitrogen and oxygen atoms in total. The third-order valence-corrected chi connectivity index (χ3v) is 3.74. The summed E-state index contributed by atoms with van der Waals surface area (Å²) in [6.45, 7) is 3.67. The Kier molecular flexibility index (Phi) is 4.81. The van der Waals surface area contributed by atoms with Gasteiger partial charge in [0.25, 0.3) is 0 Å². The van der Waals surface area contributed by atoms with Crippen molar-refractivity contribution in [2.24, 2.45) is 0 Å². The van der Waals surface area contributed by atoms with Gasteiger partial charge in [0.2, 0.25) is 0 Å². The largest absolute Gasteiger partial charge is 0.335 e. The third kappa shape index (κ3) is 3.87. The first-order valence-electron chi connectivity index (χ1n) is 6.14. The Morgan fingerprint density at radius 2 is 2.28 bits per heavy atom. The number of carbonyl (C=O) groups is 1.